The first-order valence-electron chi connectivity index (χ1n) is 4.81. The minimum atomic E-state index is -0.843. The quantitative estimate of drug-likeness (QED) is 0.705. The lowest BCUT2D eigenvalue weighted by Gasteiger charge is -2.37. The SMILES string of the molecule is COCCC(C)(C(=O)O)N(C)C(C)C. The van der Waals surface area contributed by atoms with E-state index in [1.165, 1.54) is 0 Å². The van der Waals surface area contributed by atoms with Gasteiger partial charge in [0.05, 0.1) is 0 Å². The Hall–Kier alpha value is -0.610. The number of hydrogen-bond acceptors (Lipinski definition) is 3. The van der Waals surface area contributed by atoms with Gasteiger partial charge in [0.1, 0.15) is 5.54 Å². The number of carboxylic acids is 1. The zero-order valence-electron chi connectivity index (χ0n) is 9.70. The summed E-state index contributed by atoms with van der Waals surface area (Å²) in [4.78, 5) is 13.0. The highest BCUT2D eigenvalue weighted by Gasteiger charge is 2.38. The molecule has 0 bridgehead atoms. The lowest BCUT2D eigenvalue weighted by molar-refractivity contribution is -0.152. The van der Waals surface area contributed by atoms with Gasteiger partial charge in [-0.05, 0) is 34.2 Å². The molecule has 0 amide bonds. The molecular weight excluding hydrogens is 182 g/mol. The van der Waals surface area contributed by atoms with Crippen LogP contribution in [0.4, 0.5) is 0 Å². The van der Waals surface area contributed by atoms with Gasteiger partial charge >= 0.3 is 5.97 Å². The third-order valence-corrected chi connectivity index (χ3v) is 2.81. The molecule has 0 aromatic carbocycles. The third kappa shape index (κ3) is 2.96. The molecule has 0 aliphatic rings. The summed E-state index contributed by atoms with van der Waals surface area (Å²) in [6, 6.07) is 0.202. The number of methoxy groups -OCH3 is 1. The first-order chi connectivity index (χ1) is 6.36. The van der Waals surface area contributed by atoms with Crippen molar-refractivity contribution < 1.29 is 14.6 Å². The van der Waals surface area contributed by atoms with E-state index in [1.807, 2.05) is 25.8 Å². The van der Waals surface area contributed by atoms with Crippen LogP contribution in [0.1, 0.15) is 27.2 Å². The molecule has 0 saturated carbocycles. The number of carboxylic acid groups (broad SMARTS) is 1. The van der Waals surface area contributed by atoms with Crippen molar-refractivity contribution in [3.8, 4) is 0 Å². The normalized spacial score (nSPS) is 15.9. The number of nitrogens with zero attached hydrogens (tertiary/aromatic N) is 1. The molecule has 0 spiro atoms. The van der Waals surface area contributed by atoms with Gasteiger partial charge in [-0.3, -0.25) is 9.69 Å². The van der Waals surface area contributed by atoms with Crippen LogP contribution in [-0.2, 0) is 9.53 Å². The van der Waals surface area contributed by atoms with Crippen LogP contribution in [0.25, 0.3) is 0 Å². The zero-order chi connectivity index (χ0) is 11.4. The van der Waals surface area contributed by atoms with E-state index in [0.717, 1.165) is 0 Å². The van der Waals surface area contributed by atoms with E-state index < -0.39 is 11.5 Å². The molecular formula is C10H21NO3. The number of ether oxygens (including phenoxy) is 1. The second-order valence-corrected chi connectivity index (χ2v) is 4.03. The number of aliphatic carboxylic acids is 1. The fourth-order valence-electron chi connectivity index (χ4n) is 1.30. The van der Waals surface area contributed by atoms with Crippen molar-refractivity contribution in [1.82, 2.24) is 4.90 Å². The topological polar surface area (TPSA) is 49.8 Å². The molecule has 0 heterocycles. The lowest BCUT2D eigenvalue weighted by atomic mass is 9.95. The summed E-state index contributed by atoms with van der Waals surface area (Å²) >= 11 is 0. The summed E-state index contributed by atoms with van der Waals surface area (Å²) < 4.78 is 4.93. The highest BCUT2D eigenvalue weighted by molar-refractivity contribution is 5.78. The van der Waals surface area contributed by atoms with E-state index in [2.05, 4.69) is 0 Å². The van der Waals surface area contributed by atoms with Crippen LogP contribution in [-0.4, -0.2) is 48.3 Å². The van der Waals surface area contributed by atoms with Gasteiger partial charge in [0.2, 0.25) is 0 Å². The highest BCUT2D eigenvalue weighted by Crippen LogP contribution is 2.20. The first-order valence-corrected chi connectivity index (χ1v) is 4.81. The van der Waals surface area contributed by atoms with Crippen LogP contribution in [0.5, 0.6) is 0 Å². The molecule has 0 aromatic heterocycles. The predicted octanol–water partition coefficient (Wildman–Crippen LogP) is 1.21. The second-order valence-electron chi connectivity index (χ2n) is 4.03. The monoisotopic (exact) mass is 203 g/mol. The van der Waals surface area contributed by atoms with Gasteiger partial charge in [0, 0.05) is 19.8 Å². The van der Waals surface area contributed by atoms with Crippen molar-refractivity contribution >= 4 is 5.97 Å². The van der Waals surface area contributed by atoms with Gasteiger partial charge in [-0.1, -0.05) is 0 Å². The highest BCUT2D eigenvalue weighted by atomic mass is 16.5. The fourth-order valence-corrected chi connectivity index (χ4v) is 1.30. The number of hydrogen-bond donors (Lipinski definition) is 1. The first kappa shape index (κ1) is 13.4. The van der Waals surface area contributed by atoms with Gasteiger partial charge in [-0.15, -0.1) is 0 Å². The number of likely N-dealkylation sites (N-methyl/N-ethyl adjacent to an activating group) is 1. The minimum Gasteiger partial charge on any atom is -0.480 e. The maximum Gasteiger partial charge on any atom is 0.323 e. The molecule has 0 rings (SSSR count). The Balaban J connectivity index is 4.62. The molecule has 0 fully saturated rings. The molecule has 14 heavy (non-hydrogen) atoms. The van der Waals surface area contributed by atoms with Crippen LogP contribution in [0.15, 0.2) is 0 Å². The third-order valence-electron chi connectivity index (χ3n) is 2.81. The van der Waals surface area contributed by atoms with Crippen molar-refractivity contribution in [2.75, 3.05) is 20.8 Å². The van der Waals surface area contributed by atoms with Crippen LogP contribution in [0.2, 0.25) is 0 Å². The minimum absolute atomic E-state index is 0.202. The van der Waals surface area contributed by atoms with Crippen LogP contribution >= 0.6 is 0 Å². The average molecular weight is 203 g/mol. The van der Waals surface area contributed by atoms with Crippen molar-refractivity contribution in [2.24, 2.45) is 0 Å². The van der Waals surface area contributed by atoms with E-state index in [4.69, 9.17) is 4.74 Å². The Bertz CT molecular complexity index is 194. The summed E-state index contributed by atoms with van der Waals surface area (Å²) in [7, 11) is 3.41. The molecule has 1 N–H and O–H groups in total. The molecule has 4 nitrogen and oxygen atoms in total. The van der Waals surface area contributed by atoms with E-state index in [0.29, 0.717) is 13.0 Å². The van der Waals surface area contributed by atoms with Crippen molar-refractivity contribution in [2.45, 2.75) is 38.8 Å². The summed E-state index contributed by atoms with van der Waals surface area (Å²) in [5, 5.41) is 9.18. The molecule has 1 atom stereocenters. The summed E-state index contributed by atoms with van der Waals surface area (Å²) in [6.07, 6.45) is 0.494. The Kier molecular flexibility index (Phi) is 5.08. The fraction of sp³-hybridized carbons (Fsp3) is 0.900. The van der Waals surface area contributed by atoms with E-state index >= 15 is 0 Å². The Morgan fingerprint density at radius 1 is 1.57 bits per heavy atom. The predicted molar refractivity (Wildman–Crippen MR) is 55.4 cm³/mol. The molecule has 0 aliphatic heterocycles. The number of rotatable bonds is 6. The molecule has 4 heteroatoms. The maximum absolute atomic E-state index is 11.2. The maximum atomic E-state index is 11.2. The molecule has 84 valence electrons. The Morgan fingerprint density at radius 2 is 2.07 bits per heavy atom. The second kappa shape index (κ2) is 5.32. The Morgan fingerprint density at radius 3 is 2.36 bits per heavy atom. The smallest absolute Gasteiger partial charge is 0.323 e. The van der Waals surface area contributed by atoms with Crippen LogP contribution in [0, 0.1) is 0 Å². The van der Waals surface area contributed by atoms with Crippen molar-refractivity contribution in [3.05, 3.63) is 0 Å². The van der Waals surface area contributed by atoms with Gasteiger partial charge in [-0.2, -0.15) is 0 Å². The van der Waals surface area contributed by atoms with Gasteiger partial charge in [0.25, 0.3) is 0 Å². The summed E-state index contributed by atoms with van der Waals surface area (Å²) in [6.45, 7) is 6.15. The number of carbonyl (C=O) groups is 1. The van der Waals surface area contributed by atoms with Crippen LogP contribution < -0.4 is 0 Å². The Labute approximate surface area is 85.9 Å². The summed E-state index contributed by atoms with van der Waals surface area (Å²) in [5.74, 6) is -0.800. The summed E-state index contributed by atoms with van der Waals surface area (Å²) in [5.41, 5.74) is -0.843. The lowest BCUT2D eigenvalue weighted by Crippen LogP contribution is -2.53. The average Bonchev–Trinajstić information content (AvgIpc) is 2.12. The van der Waals surface area contributed by atoms with Gasteiger partial charge < -0.3 is 9.84 Å². The van der Waals surface area contributed by atoms with E-state index in [-0.39, 0.29) is 6.04 Å². The van der Waals surface area contributed by atoms with E-state index in [1.54, 1.807) is 14.0 Å². The zero-order valence-corrected chi connectivity index (χ0v) is 9.70. The molecule has 0 radical (unpaired) electrons. The van der Waals surface area contributed by atoms with Gasteiger partial charge in [0.15, 0.2) is 0 Å². The van der Waals surface area contributed by atoms with Crippen LogP contribution in [0.3, 0.4) is 0 Å². The molecule has 0 aromatic rings. The molecule has 0 aliphatic carbocycles. The standard InChI is InChI=1S/C10H21NO3/c1-8(2)11(4)10(3,9(12)13)6-7-14-5/h8H,6-7H2,1-5H3,(H,12,13). The van der Waals surface area contributed by atoms with Crippen molar-refractivity contribution in [3.63, 3.8) is 0 Å². The van der Waals surface area contributed by atoms with Gasteiger partial charge in [-0.25, -0.2) is 0 Å². The molecule has 0 saturated heterocycles. The van der Waals surface area contributed by atoms with Crippen molar-refractivity contribution in [1.29, 1.82) is 0 Å². The molecule has 1 unspecified atom stereocenters. The largest absolute Gasteiger partial charge is 0.480 e. The van der Waals surface area contributed by atoms with E-state index in [9.17, 15) is 9.90 Å².